The van der Waals surface area contributed by atoms with Crippen LogP contribution in [-0.2, 0) is 16.1 Å². The minimum absolute atomic E-state index is 0.0122. The van der Waals surface area contributed by atoms with Crippen molar-refractivity contribution in [2.75, 3.05) is 25.6 Å². The normalized spacial score (nSPS) is 10.1. The number of rotatable bonds is 7. The number of nitro groups is 1. The van der Waals surface area contributed by atoms with Crippen LogP contribution in [0.1, 0.15) is 15.9 Å². The number of nitro benzene ring substituents is 1. The van der Waals surface area contributed by atoms with Gasteiger partial charge in [-0.3, -0.25) is 14.9 Å². The highest BCUT2D eigenvalue weighted by atomic mass is 16.6. The molecule has 0 unspecified atom stereocenters. The predicted octanol–water partition coefficient (Wildman–Crippen LogP) is 2.13. The molecular weight excluding hydrogens is 338 g/mol. The zero-order chi connectivity index (χ0) is 19.1. The highest BCUT2D eigenvalue weighted by molar-refractivity contribution is 5.93. The molecule has 8 heteroatoms. The second-order valence-corrected chi connectivity index (χ2v) is 5.69. The minimum Gasteiger partial charge on any atom is -0.452 e. The second kappa shape index (κ2) is 8.61. The van der Waals surface area contributed by atoms with Gasteiger partial charge < -0.3 is 15.0 Å². The van der Waals surface area contributed by atoms with E-state index >= 15 is 0 Å². The van der Waals surface area contributed by atoms with Gasteiger partial charge in [-0.2, -0.15) is 0 Å². The molecule has 0 bridgehead atoms. The molecule has 0 aliphatic heterocycles. The van der Waals surface area contributed by atoms with E-state index in [0.717, 1.165) is 11.6 Å². The number of carbonyl (C=O) groups excluding carboxylic acids is 2. The molecule has 0 spiro atoms. The second-order valence-electron chi connectivity index (χ2n) is 5.69. The molecule has 0 aromatic heterocycles. The molecule has 0 atom stereocenters. The Labute approximate surface area is 150 Å². The Hall–Kier alpha value is -3.42. The summed E-state index contributed by atoms with van der Waals surface area (Å²) in [6, 6.07) is 13.3. The quantitative estimate of drug-likeness (QED) is 0.463. The van der Waals surface area contributed by atoms with Gasteiger partial charge in [-0.05, 0) is 17.7 Å². The Morgan fingerprint density at radius 3 is 2.46 bits per heavy atom. The Morgan fingerprint density at radius 2 is 1.85 bits per heavy atom. The molecule has 0 saturated heterocycles. The summed E-state index contributed by atoms with van der Waals surface area (Å²) in [5, 5.41) is 13.8. The standard InChI is InChI=1S/C18H19N3O5/c1-20(2)15-9-8-14(10-16(15)21(24)25)18(23)26-12-17(22)19-11-13-6-4-3-5-7-13/h3-10H,11-12H2,1-2H3,(H,19,22). The van der Waals surface area contributed by atoms with Crippen molar-refractivity contribution >= 4 is 23.3 Å². The molecule has 2 aromatic carbocycles. The first-order valence-electron chi connectivity index (χ1n) is 7.82. The molecular formula is C18H19N3O5. The number of carbonyl (C=O) groups is 2. The van der Waals surface area contributed by atoms with Gasteiger partial charge in [0.25, 0.3) is 11.6 Å². The van der Waals surface area contributed by atoms with Crippen molar-refractivity contribution in [3.8, 4) is 0 Å². The SMILES string of the molecule is CN(C)c1ccc(C(=O)OCC(=O)NCc2ccccc2)cc1[N+](=O)[O-]. The van der Waals surface area contributed by atoms with Crippen LogP contribution in [0.5, 0.6) is 0 Å². The van der Waals surface area contributed by atoms with Gasteiger partial charge in [0.05, 0.1) is 10.5 Å². The van der Waals surface area contributed by atoms with Crippen molar-refractivity contribution in [2.24, 2.45) is 0 Å². The zero-order valence-electron chi connectivity index (χ0n) is 14.5. The molecule has 1 amide bonds. The Bertz CT molecular complexity index is 806. The predicted molar refractivity (Wildman–Crippen MR) is 96.0 cm³/mol. The Kier molecular flexibility index (Phi) is 6.26. The van der Waals surface area contributed by atoms with Gasteiger partial charge in [-0.1, -0.05) is 30.3 Å². The molecule has 136 valence electrons. The van der Waals surface area contributed by atoms with Crippen LogP contribution in [0.3, 0.4) is 0 Å². The summed E-state index contributed by atoms with van der Waals surface area (Å²) in [6.45, 7) is -0.144. The van der Waals surface area contributed by atoms with E-state index in [9.17, 15) is 19.7 Å². The van der Waals surface area contributed by atoms with Crippen LogP contribution in [-0.4, -0.2) is 37.5 Å². The van der Waals surface area contributed by atoms with Gasteiger partial charge in [0, 0.05) is 26.7 Å². The Morgan fingerprint density at radius 1 is 1.15 bits per heavy atom. The van der Waals surface area contributed by atoms with Crippen molar-refractivity contribution in [1.29, 1.82) is 0 Å². The van der Waals surface area contributed by atoms with E-state index < -0.39 is 23.4 Å². The Balaban J connectivity index is 1.94. The third-order valence-corrected chi connectivity index (χ3v) is 3.56. The van der Waals surface area contributed by atoms with Crippen LogP contribution in [0.15, 0.2) is 48.5 Å². The number of anilines is 1. The zero-order valence-corrected chi connectivity index (χ0v) is 14.5. The van der Waals surface area contributed by atoms with Crippen LogP contribution >= 0.6 is 0 Å². The lowest BCUT2D eigenvalue weighted by atomic mass is 10.1. The fraction of sp³-hybridized carbons (Fsp3) is 0.222. The smallest absolute Gasteiger partial charge is 0.338 e. The molecule has 1 N–H and O–H groups in total. The maximum atomic E-state index is 12.0. The molecule has 0 heterocycles. The van der Waals surface area contributed by atoms with Gasteiger partial charge in [0.2, 0.25) is 0 Å². The maximum absolute atomic E-state index is 12.0. The van der Waals surface area contributed by atoms with Gasteiger partial charge in [-0.25, -0.2) is 4.79 Å². The molecule has 0 fully saturated rings. The van der Waals surface area contributed by atoms with Crippen molar-refractivity contribution in [1.82, 2.24) is 5.32 Å². The highest BCUT2D eigenvalue weighted by Crippen LogP contribution is 2.27. The van der Waals surface area contributed by atoms with Crippen molar-refractivity contribution in [3.63, 3.8) is 0 Å². The molecule has 0 saturated carbocycles. The van der Waals surface area contributed by atoms with Crippen LogP contribution in [0.2, 0.25) is 0 Å². The molecule has 2 rings (SSSR count). The number of esters is 1. The fourth-order valence-electron chi connectivity index (χ4n) is 2.24. The van der Waals surface area contributed by atoms with E-state index in [-0.39, 0.29) is 11.3 Å². The van der Waals surface area contributed by atoms with Crippen LogP contribution in [0.25, 0.3) is 0 Å². The summed E-state index contributed by atoms with van der Waals surface area (Å²) >= 11 is 0. The first-order chi connectivity index (χ1) is 12.4. The first kappa shape index (κ1) is 18.9. The first-order valence-corrected chi connectivity index (χ1v) is 7.82. The average Bonchev–Trinajstić information content (AvgIpc) is 2.64. The topological polar surface area (TPSA) is 102 Å². The lowest BCUT2D eigenvalue weighted by Gasteiger charge is -2.13. The minimum atomic E-state index is -0.798. The fourth-order valence-corrected chi connectivity index (χ4v) is 2.24. The summed E-state index contributed by atoms with van der Waals surface area (Å²) in [4.78, 5) is 36.0. The third kappa shape index (κ3) is 5.04. The maximum Gasteiger partial charge on any atom is 0.338 e. The molecule has 8 nitrogen and oxygen atoms in total. The van der Waals surface area contributed by atoms with E-state index in [0.29, 0.717) is 12.2 Å². The van der Waals surface area contributed by atoms with E-state index in [1.807, 2.05) is 30.3 Å². The van der Waals surface area contributed by atoms with Crippen molar-refractivity contribution in [2.45, 2.75) is 6.54 Å². The lowest BCUT2D eigenvalue weighted by Crippen LogP contribution is -2.28. The van der Waals surface area contributed by atoms with Gasteiger partial charge in [0.1, 0.15) is 5.69 Å². The molecule has 0 radical (unpaired) electrons. The van der Waals surface area contributed by atoms with Gasteiger partial charge >= 0.3 is 5.97 Å². The summed E-state index contributed by atoms with van der Waals surface area (Å²) in [5.74, 6) is -1.25. The number of benzene rings is 2. The number of hydrogen-bond acceptors (Lipinski definition) is 6. The van der Waals surface area contributed by atoms with Gasteiger partial charge in [0.15, 0.2) is 6.61 Å². The average molecular weight is 357 g/mol. The van der Waals surface area contributed by atoms with E-state index in [1.54, 1.807) is 19.0 Å². The summed E-state index contributed by atoms with van der Waals surface area (Å²) in [6.07, 6.45) is 0. The third-order valence-electron chi connectivity index (χ3n) is 3.56. The molecule has 0 aliphatic carbocycles. The molecule has 2 aromatic rings. The summed E-state index contributed by atoms with van der Waals surface area (Å²) < 4.78 is 4.93. The van der Waals surface area contributed by atoms with Crippen molar-refractivity contribution in [3.05, 3.63) is 69.8 Å². The number of nitrogens with zero attached hydrogens (tertiary/aromatic N) is 2. The lowest BCUT2D eigenvalue weighted by molar-refractivity contribution is -0.384. The van der Waals surface area contributed by atoms with E-state index in [2.05, 4.69) is 5.32 Å². The van der Waals surface area contributed by atoms with Crippen LogP contribution in [0, 0.1) is 10.1 Å². The number of nitrogens with one attached hydrogen (secondary N) is 1. The number of hydrogen-bond donors (Lipinski definition) is 1. The van der Waals surface area contributed by atoms with Crippen LogP contribution < -0.4 is 10.2 Å². The van der Waals surface area contributed by atoms with E-state index in [1.165, 1.54) is 12.1 Å². The van der Waals surface area contributed by atoms with Crippen LogP contribution in [0.4, 0.5) is 11.4 Å². The summed E-state index contributed by atoms with van der Waals surface area (Å²) in [7, 11) is 3.33. The van der Waals surface area contributed by atoms with Crippen molar-refractivity contribution < 1.29 is 19.2 Å². The molecule has 26 heavy (non-hydrogen) atoms. The van der Waals surface area contributed by atoms with Gasteiger partial charge in [-0.15, -0.1) is 0 Å². The largest absolute Gasteiger partial charge is 0.452 e. The number of ether oxygens (including phenoxy) is 1. The van der Waals surface area contributed by atoms with E-state index in [4.69, 9.17) is 4.74 Å². The molecule has 0 aliphatic rings. The monoisotopic (exact) mass is 357 g/mol. The number of amides is 1. The highest BCUT2D eigenvalue weighted by Gasteiger charge is 2.20. The summed E-state index contributed by atoms with van der Waals surface area (Å²) in [5.41, 5.74) is 1.09.